The predicted molar refractivity (Wildman–Crippen MR) is 75.7 cm³/mol. The van der Waals surface area contributed by atoms with Crippen molar-refractivity contribution in [3.05, 3.63) is 5.82 Å². The zero-order chi connectivity index (χ0) is 14.2. The molecule has 0 bridgehead atoms. The van der Waals surface area contributed by atoms with Crippen LogP contribution in [0.1, 0.15) is 37.4 Å². The summed E-state index contributed by atoms with van der Waals surface area (Å²) < 4.78 is 26.8. The first kappa shape index (κ1) is 13.7. The van der Waals surface area contributed by atoms with E-state index in [4.69, 9.17) is 0 Å². The Morgan fingerprint density at radius 1 is 1.20 bits per heavy atom. The van der Waals surface area contributed by atoms with Gasteiger partial charge in [0, 0.05) is 23.5 Å². The van der Waals surface area contributed by atoms with E-state index in [-0.39, 0.29) is 23.6 Å². The molecule has 1 aliphatic heterocycles. The fraction of sp³-hybridized carbons (Fsp3) is 0.727. The molecule has 1 saturated carbocycles. The van der Waals surface area contributed by atoms with Gasteiger partial charge >= 0.3 is 6.03 Å². The molecule has 7 nitrogen and oxygen atoms in total. The molecule has 1 aliphatic carbocycles. The van der Waals surface area contributed by atoms with Crippen molar-refractivity contribution in [2.24, 2.45) is 0 Å². The molecule has 1 saturated heterocycles. The number of hydrogen-bond donors (Lipinski definition) is 2. The van der Waals surface area contributed by atoms with Crippen LogP contribution in [0, 0.1) is 0 Å². The lowest BCUT2D eigenvalue weighted by Gasteiger charge is -2.22. The molecular weight excluding hydrogens is 300 g/mol. The van der Waals surface area contributed by atoms with Gasteiger partial charge in [0.15, 0.2) is 0 Å². The molecule has 9 heteroatoms. The van der Waals surface area contributed by atoms with Crippen LogP contribution >= 0.6 is 11.5 Å². The Labute approximate surface area is 121 Å². The minimum Gasteiger partial charge on any atom is -0.335 e. The number of aromatic nitrogens is 2. The van der Waals surface area contributed by atoms with E-state index in [0.717, 1.165) is 18.7 Å². The number of carbonyl (C=O) groups is 1. The molecule has 2 fully saturated rings. The fourth-order valence-electron chi connectivity index (χ4n) is 2.15. The number of sulfone groups is 1. The van der Waals surface area contributed by atoms with Crippen LogP contribution in [-0.4, -0.2) is 41.4 Å². The Morgan fingerprint density at radius 2 is 1.90 bits per heavy atom. The molecule has 0 aromatic carbocycles. The Balaban J connectivity index is 1.49. The number of urea groups is 1. The smallest absolute Gasteiger partial charge is 0.321 e. The van der Waals surface area contributed by atoms with Crippen LogP contribution in [0.4, 0.5) is 9.93 Å². The third-order valence-electron chi connectivity index (χ3n) is 3.49. The van der Waals surface area contributed by atoms with Gasteiger partial charge in [0.25, 0.3) is 0 Å². The number of nitrogens with one attached hydrogen (secondary N) is 2. The Bertz CT molecular complexity index is 595. The van der Waals surface area contributed by atoms with Crippen molar-refractivity contribution < 1.29 is 13.2 Å². The number of nitrogens with zero attached hydrogens (tertiary/aromatic N) is 2. The van der Waals surface area contributed by atoms with Gasteiger partial charge in [0.1, 0.15) is 15.7 Å². The first-order chi connectivity index (χ1) is 9.52. The lowest BCUT2D eigenvalue weighted by atomic mass is 10.2. The van der Waals surface area contributed by atoms with Crippen molar-refractivity contribution >= 4 is 32.5 Å². The van der Waals surface area contributed by atoms with Crippen molar-refractivity contribution in [3.8, 4) is 0 Å². The van der Waals surface area contributed by atoms with Gasteiger partial charge in [-0.25, -0.2) is 18.2 Å². The van der Waals surface area contributed by atoms with Gasteiger partial charge in [0.05, 0.1) is 11.5 Å². The summed E-state index contributed by atoms with van der Waals surface area (Å²) in [5.41, 5.74) is 0. The summed E-state index contributed by atoms with van der Waals surface area (Å²) in [5, 5.41) is 5.94. The van der Waals surface area contributed by atoms with E-state index in [1.165, 1.54) is 11.5 Å². The summed E-state index contributed by atoms with van der Waals surface area (Å²) in [5.74, 6) is 1.56. The van der Waals surface area contributed by atoms with Crippen molar-refractivity contribution in [1.82, 2.24) is 14.7 Å². The molecule has 0 atom stereocenters. The Kier molecular flexibility index (Phi) is 3.63. The molecule has 110 valence electrons. The van der Waals surface area contributed by atoms with E-state index in [9.17, 15) is 13.2 Å². The minimum absolute atomic E-state index is 0.0886. The normalized spacial score (nSPS) is 22.4. The quantitative estimate of drug-likeness (QED) is 0.870. The average molecular weight is 316 g/mol. The highest BCUT2D eigenvalue weighted by Gasteiger charge is 2.28. The summed E-state index contributed by atoms with van der Waals surface area (Å²) in [4.78, 5) is 16.1. The highest BCUT2D eigenvalue weighted by atomic mass is 32.2. The highest BCUT2D eigenvalue weighted by Crippen LogP contribution is 2.39. The van der Waals surface area contributed by atoms with E-state index < -0.39 is 9.84 Å². The number of anilines is 1. The first-order valence-electron chi connectivity index (χ1n) is 6.63. The lowest BCUT2D eigenvalue weighted by Crippen LogP contribution is -2.42. The predicted octanol–water partition coefficient (Wildman–Crippen LogP) is 1.11. The van der Waals surface area contributed by atoms with Gasteiger partial charge < -0.3 is 5.32 Å². The minimum atomic E-state index is -2.90. The van der Waals surface area contributed by atoms with Crippen LogP contribution in [0.2, 0.25) is 0 Å². The highest BCUT2D eigenvalue weighted by molar-refractivity contribution is 7.91. The molecule has 2 aliphatic rings. The van der Waals surface area contributed by atoms with Gasteiger partial charge in [-0.3, -0.25) is 5.32 Å². The topological polar surface area (TPSA) is 101 Å². The molecule has 1 aromatic heterocycles. The van der Waals surface area contributed by atoms with Crippen molar-refractivity contribution in [1.29, 1.82) is 0 Å². The van der Waals surface area contributed by atoms with Gasteiger partial charge in [0.2, 0.25) is 5.13 Å². The van der Waals surface area contributed by atoms with Crippen LogP contribution in [0.3, 0.4) is 0 Å². The maximum Gasteiger partial charge on any atom is 0.321 e. The molecule has 2 heterocycles. The largest absolute Gasteiger partial charge is 0.335 e. The second kappa shape index (κ2) is 5.28. The van der Waals surface area contributed by atoms with Crippen molar-refractivity contribution in [2.45, 2.75) is 37.6 Å². The van der Waals surface area contributed by atoms with Gasteiger partial charge in [-0.2, -0.15) is 4.37 Å². The zero-order valence-corrected chi connectivity index (χ0v) is 12.5. The SMILES string of the molecule is O=C(Nc1nc(C2CC2)ns1)NC1CCS(=O)(=O)CC1. The number of hydrogen-bond acceptors (Lipinski definition) is 6. The van der Waals surface area contributed by atoms with E-state index in [0.29, 0.717) is 23.9 Å². The average Bonchev–Trinajstić information content (AvgIpc) is 3.14. The summed E-state index contributed by atoms with van der Waals surface area (Å²) >= 11 is 1.18. The lowest BCUT2D eigenvalue weighted by molar-refractivity contribution is 0.247. The molecule has 3 rings (SSSR count). The second-order valence-electron chi connectivity index (χ2n) is 5.26. The summed E-state index contributed by atoms with van der Waals surface area (Å²) in [6, 6.07) is -0.429. The maximum absolute atomic E-state index is 11.8. The molecule has 0 spiro atoms. The Hall–Kier alpha value is -1.22. The first-order valence-corrected chi connectivity index (χ1v) is 9.23. The molecule has 2 amide bonds. The second-order valence-corrected chi connectivity index (χ2v) is 8.31. The number of amides is 2. The van der Waals surface area contributed by atoms with Gasteiger partial charge in [-0.05, 0) is 25.7 Å². The summed E-state index contributed by atoms with van der Waals surface area (Å²) in [7, 11) is -2.90. The summed E-state index contributed by atoms with van der Waals surface area (Å²) in [6.07, 6.45) is 3.19. The van der Waals surface area contributed by atoms with Gasteiger partial charge in [-0.1, -0.05) is 0 Å². The third kappa shape index (κ3) is 3.45. The van der Waals surface area contributed by atoms with E-state index in [1.807, 2.05) is 0 Å². The fourth-order valence-corrected chi connectivity index (χ4v) is 4.28. The van der Waals surface area contributed by atoms with Crippen LogP contribution in [0.25, 0.3) is 0 Å². The standard InChI is InChI=1S/C11H16N4O3S2/c16-10(12-8-3-5-20(17,18)6-4-8)14-11-13-9(15-19-11)7-1-2-7/h7-8H,1-6H2,(H2,12,13,14,15,16). The molecule has 20 heavy (non-hydrogen) atoms. The molecule has 2 N–H and O–H groups in total. The molecular formula is C11H16N4O3S2. The van der Waals surface area contributed by atoms with Crippen LogP contribution in [-0.2, 0) is 9.84 Å². The molecule has 0 radical (unpaired) electrons. The van der Waals surface area contributed by atoms with Gasteiger partial charge in [-0.15, -0.1) is 0 Å². The zero-order valence-electron chi connectivity index (χ0n) is 10.8. The summed E-state index contributed by atoms with van der Waals surface area (Å²) in [6.45, 7) is 0. The van der Waals surface area contributed by atoms with E-state index in [2.05, 4.69) is 20.0 Å². The van der Waals surface area contributed by atoms with Crippen LogP contribution < -0.4 is 10.6 Å². The van der Waals surface area contributed by atoms with Crippen LogP contribution in [0.5, 0.6) is 0 Å². The monoisotopic (exact) mass is 316 g/mol. The van der Waals surface area contributed by atoms with E-state index >= 15 is 0 Å². The molecule has 1 aromatic rings. The molecule has 0 unspecified atom stereocenters. The Morgan fingerprint density at radius 3 is 2.55 bits per heavy atom. The van der Waals surface area contributed by atoms with Crippen molar-refractivity contribution in [2.75, 3.05) is 16.8 Å². The maximum atomic E-state index is 11.8. The number of carbonyl (C=O) groups excluding carboxylic acids is 1. The van der Waals surface area contributed by atoms with Crippen molar-refractivity contribution in [3.63, 3.8) is 0 Å². The number of rotatable bonds is 3. The third-order valence-corrected chi connectivity index (χ3v) is 5.85. The van der Waals surface area contributed by atoms with E-state index in [1.54, 1.807) is 0 Å². The van der Waals surface area contributed by atoms with Crippen LogP contribution in [0.15, 0.2) is 0 Å².